The van der Waals surface area contributed by atoms with E-state index in [1.165, 1.54) is 4.31 Å². The molecule has 1 aromatic carbocycles. The van der Waals surface area contributed by atoms with Crippen molar-refractivity contribution < 1.29 is 18.0 Å². The number of anilines is 1. The van der Waals surface area contributed by atoms with Gasteiger partial charge in [0, 0.05) is 51.4 Å². The molecule has 9 heteroatoms. The second-order valence-corrected chi connectivity index (χ2v) is 9.44. The highest BCUT2D eigenvalue weighted by molar-refractivity contribution is 7.93. The second-order valence-electron chi connectivity index (χ2n) is 7.42. The molecule has 0 radical (unpaired) electrons. The minimum Gasteiger partial charge on any atom is -0.342 e. The Labute approximate surface area is 173 Å². The Morgan fingerprint density at radius 1 is 0.966 bits per heavy atom. The molecule has 0 saturated carbocycles. The summed E-state index contributed by atoms with van der Waals surface area (Å²) in [5, 5.41) is 0. The number of sulfonamides is 1. The van der Waals surface area contributed by atoms with Gasteiger partial charge in [-0.2, -0.15) is 0 Å². The van der Waals surface area contributed by atoms with E-state index in [1.54, 1.807) is 29.2 Å². The van der Waals surface area contributed by atoms with E-state index >= 15 is 0 Å². The normalized spacial score (nSPS) is 19.4. The van der Waals surface area contributed by atoms with Crippen molar-refractivity contribution in [1.82, 2.24) is 14.7 Å². The first-order chi connectivity index (χ1) is 13.9. The third-order valence-corrected chi connectivity index (χ3v) is 7.51. The van der Waals surface area contributed by atoms with Gasteiger partial charge in [-0.3, -0.25) is 18.8 Å². The highest BCUT2D eigenvalue weighted by atomic mass is 32.2. The fraction of sp³-hybridized carbons (Fsp3) is 0.600. The number of amides is 2. The standard InChI is InChI=1S/C20H30N4O4S/c1-3-22(4-2)19(25)16-21-11-13-23(14-12-21)20(26)17-6-8-18(9-7-17)24-10-5-15-29(24,27)28/h6-9H,3-5,10-16H2,1-2H3. The van der Waals surface area contributed by atoms with Gasteiger partial charge in [0.1, 0.15) is 0 Å². The largest absolute Gasteiger partial charge is 0.342 e. The maximum absolute atomic E-state index is 12.8. The van der Waals surface area contributed by atoms with E-state index in [0.29, 0.717) is 70.0 Å². The van der Waals surface area contributed by atoms with Crippen molar-refractivity contribution in [1.29, 1.82) is 0 Å². The van der Waals surface area contributed by atoms with E-state index in [9.17, 15) is 18.0 Å². The first kappa shape index (κ1) is 21.6. The average molecular weight is 423 g/mol. The number of benzene rings is 1. The van der Waals surface area contributed by atoms with Crippen LogP contribution in [0.2, 0.25) is 0 Å². The summed E-state index contributed by atoms with van der Waals surface area (Å²) >= 11 is 0. The molecule has 2 fully saturated rings. The fourth-order valence-corrected chi connectivity index (χ4v) is 5.42. The van der Waals surface area contributed by atoms with E-state index in [0.717, 1.165) is 0 Å². The van der Waals surface area contributed by atoms with Crippen LogP contribution in [0.3, 0.4) is 0 Å². The molecule has 2 saturated heterocycles. The number of hydrogen-bond donors (Lipinski definition) is 0. The van der Waals surface area contributed by atoms with Crippen molar-refractivity contribution >= 4 is 27.5 Å². The zero-order valence-corrected chi connectivity index (χ0v) is 18.0. The lowest BCUT2D eigenvalue weighted by Gasteiger charge is -2.35. The van der Waals surface area contributed by atoms with Gasteiger partial charge in [-0.25, -0.2) is 8.42 Å². The van der Waals surface area contributed by atoms with Crippen molar-refractivity contribution in [3.8, 4) is 0 Å². The molecule has 1 aromatic rings. The number of rotatable bonds is 6. The summed E-state index contributed by atoms with van der Waals surface area (Å²) in [4.78, 5) is 30.7. The van der Waals surface area contributed by atoms with Gasteiger partial charge in [-0.1, -0.05) is 0 Å². The van der Waals surface area contributed by atoms with Crippen LogP contribution < -0.4 is 4.31 Å². The van der Waals surface area contributed by atoms with Crippen LogP contribution in [0.5, 0.6) is 0 Å². The molecule has 0 aromatic heterocycles. The van der Waals surface area contributed by atoms with Crippen LogP contribution in [0.15, 0.2) is 24.3 Å². The molecule has 0 N–H and O–H groups in total. The van der Waals surface area contributed by atoms with Gasteiger partial charge in [-0.05, 0) is 44.5 Å². The maximum Gasteiger partial charge on any atom is 0.253 e. The van der Waals surface area contributed by atoms with Crippen LogP contribution in [0.25, 0.3) is 0 Å². The molecule has 0 atom stereocenters. The second kappa shape index (κ2) is 9.13. The Balaban J connectivity index is 1.55. The first-order valence-corrected chi connectivity index (χ1v) is 11.9. The van der Waals surface area contributed by atoms with Gasteiger partial charge in [0.25, 0.3) is 5.91 Å². The van der Waals surface area contributed by atoms with Gasteiger partial charge in [0.15, 0.2) is 0 Å². The molecule has 8 nitrogen and oxygen atoms in total. The highest BCUT2D eigenvalue weighted by Gasteiger charge is 2.29. The lowest BCUT2D eigenvalue weighted by atomic mass is 10.1. The van der Waals surface area contributed by atoms with Crippen molar-refractivity contribution in [2.24, 2.45) is 0 Å². The van der Waals surface area contributed by atoms with Crippen LogP contribution in [0, 0.1) is 0 Å². The zero-order valence-electron chi connectivity index (χ0n) is 17.2. The summed E-state index contributed by atoms with van der Waals surface area (Å²) in [6.45, 7) is 8.74. The van der Waals surface area contributed by atoms with E-state index < -0.39 is 10.0 Å². The summed E-state index contributed by atoms with van der Waals surface area (Å²) in [6.07, 6.45) is 0.629. The summed E-state index contributed by atoms with van der Waals surface area (Å²) in [6, 6.07) is 6.80. The molecule has 0 spiro atoms. The van der Waals surface area contributed by atoms with Gasteiger partial charge in [0.05, 0.1) is 18.0 Å². The van der Waals surface area contributed by atoms with Crippen molar-refractivity contribution in [2.45, 2.75) is 20.3 Å². The molecule has 3 rings (SSSR count). The van der Waals surface area contributed by atoms with Crippen LogP contribution in [0.1, 0.15) is 30.6 Å². The molecule has 0 unspecified atom stereocenters. The molecular weight excluding hydrogens is 392 g/mol. The van der Waals surface area contributed by atoms with Gasteiger partial charge < -0.3 is 9.80 Å². The lowest BCUT2D eigenvalue weighted by Crippen LogP contribution is -2.51. The highest BCUT2D eigenvalue weighted by Crippen LogP contribution is 2.24. The van der Waals surface area contributed by atoms with Crippen LogP contribution in [0.4, 0.5) is 5.69 Å². The van der Waals surface area contributed by atoms with Crippen LogP contribution >= 0.6 is 0 Å². The molecule has 2 amide bonds. The van der Waals surface area contributed by atoms with Crippen molar-refractivity contribution in [3.63, 3.8) is 0 Å². The number of carbonyl (C=O) groups excluding carboxylic acids is 2. The molecule has 2 aliphatic rings. The number of nitrogens with zero attached hydrogens (tertiary/aromatic N) is 4. The molecule has 2 aliphatic heterocycles. The van der Waals surface area contributed by atoms with Gasteiger partial charge >= 0.3 is 0 Å². The Kier molecular flexibility index (Phi) is 6.79. The van der Waals surface area contributed by atoms with E-state index in [-0.39, 0.29) is 17.6 Å². The van der Waals surface area contributed by atoms with Crippen molar-refractivity contribution in [3.05, 3.63) is 29.8 Å². The lowest BCUT2D eigenvalue weighted by molar-refractivity contribution is -0.132. The fourth-order valence-electron chi connectivity index (χ4n) is 3.86. The molecular formula is C20H30N4O4S. The first-order valence-electron chi connectivity index (χ1n) is 10.3. The van der Waals surface area contributed by atoms with Gasteiger partial charge in [-0.15, -0.1) is 0 Å². The quantitative estimate of drug-likeness (QED) is 0.679. The Morgan fingerprint density at radius 3 is 2.10 bits per heavy atom. The van der Waals surface area contributed by atoms with Crippen LogP contribution in [-0.2, 0) is 14.8 Å². The monoisotopic (exact) mass is 422 g/mol. The maximum atomic E-state index is 12.8. The molecule has 29 heavy (non-hydrogen) atoms. The molecule has 0 bridgehead atoms. The van der Waals surface area contributed by atoms with Crippen molar-refractivity contribution in [2.75, 3.05) is 62.4 Å². The predicted octanol–water partition coefficient (Wildman–Crippen LogP) is 0.853. The number of carbonyl (C=O) groups is 2. The Hall–Kier alpha value is -2.13. The summed E-state index contributed by atoms with van der Waals surface area (Å²) in [5.41, 5.74) is 1.16. The SMILES string of the molecule is CCN(CC)C(=O)CN1CCN(C(=O)c2ccc(N3CCCS3(=O)=O)cc2)CC1. The number of piperazine rings is 1. The summed E-state index contributed by atoms with van der Waals surface area (Å²) in [5.74, 6) is 0.243. The zero-order chi connectivity index (χ0) is 21.0. The number of likely N-dealkylation sites (N-methyl/N-ethyl adjacent to an activating group) is 1. The molecule has 160 valence electrons. The third-order valence-electron chi connectivity index (χ3n) is 5.64. The predicted molar refractivity (Wildman–Crippen MR) is 112 cm³/mol. The van der Waals surface area contributed by atoms with Crippen LogP contribution in [-0.4, -0.2) is 93.0 Å². The third kappa shape index (κ3) is 4.90. The Morgan fingerprint density at radius 2 is 1.59 bits per heavy atom. The average Bonchev–Trinajstić information content (AvgIpc) is 3.08. The number of hydrogen-bond acceptors (Lipinski definition) is 5. The van der Waals surface area contributed by atoms with E-state index in [2.05, 4.69) is 4.90 Å². The minimum absolute atomic E-state index is 0.0597. The Bertz CT molecular complexity index is 829. The smallest absolute Gasteiger partial charge is 0.253 e. The summed E-state index contributed by atoms with van der Waals surface area (Å²) < 4.78 is 25.5. The molecule has 2 heterocycles. The minimum atomic E-state index is -3.22. The summed E-state index contributed by atoms with van der Waals surface area (Å²) in [7, 11) is -3.22. The topological polar surface area (TPSA) is 81.2 Å². The van der Waals surface area contributed by atoms with E-state index in [1.807, 2.05) is 18.7 Å². The van der Waals surface area contributed by atoms with Gasteiger partial charge in [0.2, 0.25) is 15.9 Å². The molecule has 0 aliphatic carbocycles. The van der Waals surface area contributed by atoms with E-state index in [4.69, 9.17) is 0 Å².